The van der Waals surface area contributed by atoms with E-state index in [1.54, 1.807) is 18.2 Å². The Kier molecular flexibility index (Phi) is 5.86. The summed E-state index contributed by atoms with van der Waals surface area (Å²) >= 11 is 12.0. The predicted octanol–water partition coefficient (Wildman–Crippen LogP) is 3.14. The molecular weight excluding hydrogens is 323 g/mol. The van der Waals surface area contributed by atoms with Crippen LogP contribution in [0.5, 0.6) is 0 Å². The fraction of sp³-hybridized carbons (Fsp3) is 0.375. The van der Waals surface area contributed by atoms with E-state index in [-0.39, 0.29) is 17.4 Å². The average Bonchev–Trinajstić information content (AvgIpc) is 2.91. The van der Waals surface area contributed by atoms with Gasteiger partial charge in [-0.2, -0.15) is 0 Å². The topological polar surface area (TPSA) is 49.4 Å². The molecule has 0 spiro atoms. The molecular formula is C16H18Cl2N2O2. The Labute approximate surface area is 140 Å². The lowest BCUT2D eigenvalue weighted by Crippen LogP contribution is -2.30. The van der Waals surface area contributed by atoms with Gasteiger partial charge in [0.15, 0.2) is 0 Å². The van der Waals surface area contributed by atoms with Gasteiger partial charge in [-0.15, -0.1) is 0 Å². The number of hydrogen-bond donors (Lipinski definition) is 1. The normalized spacial score (nSPS) is 14.3. The first-order valence-corrected chi connectivity index (χ1v) is 7.95. The van der Waals surface area contributed by atoms with Gasteiger partial charge < -0.3 is 10.2 Å². The molecule has 0 unspecified atom stereocenters. The first-order valence-electron chi connectivity index (χ1n) is 7.20. The zero-order chi connectivity index (χ0) is 16.1. The first kappa shape index (κ1) is 16.8. The van der Waals surface area contributed by atoms with Crippen molar-refractivity contribution in [1.82, 2.24) is 10.2 Å². The van der Waals surface area contributed by atoms with Crippen LogP contribution in [0.1, 0.15) is 24.8 Å². The third-order valence-corrected chi connectivity index (χ3v) is 4.43. The van der Waals surface area contributed by atoms with Crippen LogP contribution in [0.2, 0.25) is 10.0 Å². The van der Waals surface area contributed by atoms with Gasteiger partial charge in [-0.3, -0.25) is 9.59 Å². The number of rotatable bonds is 6. The molecule has 1 saturated heterocycles. The lowest BCUT2D eigenvalue weighted by Gasteiger charge is -2.15. The van der Waals surface area contributed by atoms with Crippen molar-refractivity contribution in [2.45, 2.75) is 19.3 Å². The number of nitrogens with one attached hydrogen (secondary N) is 1. The van der Waals surface area contributed by atoms with Crippen molar-refractivity contribution in [2.24, 2.45) is 0 Å². The summed E-state index contributed by atoms with van der Waals surface area (Å²) < 4.78 is 0. The van der Waals surface area contributed by atoms with Crippen molar-refractivity contribution < 1.29 is 9.59 Å². The average molecular weight is 341 g/mol. The van der Waals surface area contributed by atoms with Gasteiger partial charge in [0.05, 0.1) is 10.0 Å². The standard InChI is InChI=1S/C16H18Cl2N2O2/c1-11(12-5-2-6-13(17)15(12)18)16(22)19-8-4-10-20-9-3-7-14(20)21/h2,5-6H,1,3-4,7-10H2,(H,19,22). The van der Waals surface area contributed by atoms with Gasteiger partial charge >= 0.3 is 0 Å². The Morgan fingerprint density at radius 1 is 1.36 bits per heavy atom. The summed E-state index contributed by atoms with van der Waals surface area (Å²) in [5.74, 6) is -0.0849. The molecule has 1 aliphatic heterocycles. The second-order valence-corrected chi connectivity index (χ2v) is 5.96. The van der Waals surface area contributed by atoms with Gasteiger partial charge in [0.25, 0.3) is 5.91 Å². The minimum atomic E-state index is -0.281. The number of carbonyl (C=O) groups is 2. The number of nitrogens with zero attached hydrogens (tertiary/aromatic N) is 1. The van der Waals surface area contributed by atoms with Crippen molar-refractivity contribution in [3.63, 3.8) is 0 Å². The molecule has 2 rings (SSSR count). The second kappa shape index (κ2) is 7.65. The second-order valence-electron chi connectivity index (χ2n) is 5.17. The van der Waals surface area contributed by atoms with Gasteiger partial charge in [-0.1, -0.05) is 41.9 Å². The molecule has 4 nitrogen and oxygen atoms in total. The van der Waals surface area contributed by atoms with Crippen LogP contribution >= 0.6 is 23.2 Å². The number of amides is 2. The summed E-state index contributed by atoms with van der Waals surface area (Å²) in [5, 5.41) is 3.50. The zero-order valence-electron chi connectivity index (χ0n) is 12.2. The third kappa shape index (κ3) is 4.02. The summed E-state index contributed by atoms with van der Waals surface area (Å²) in [5.41, 5.74) is 0.811. The van der Waals surface area contributed by atoms with Crippen LogP contribution in [0.3, 0.4) is 0 Å². The van der Waals surface area contributed by atoms with E-state index in [4.69, 9.17) is 23.2 Å². The monoisotopic (exact) mass is 340 g/mol. The van der Waals surface area contributed by atoms with Crippen LogP contribution in [0.4, 0.5) is 0 Å². The van der Waals surface area contributed by atoms with Crippen molar-refractivity contribution in [1.29, 1.82) is 0 Å². The molecule has 2 amide bonds. The minimum Gasteiger partial charge on any atom is -0.352 e. The SMILES string of the molecule is C=C(C(=O)NCCCN1CCCC1=O)c1cccc(Cl)c1Cl. The molecule has 0 bridgehead atoms. The van der Waals surface area contributed by atoms with Crippen LogP contribution in [-0.4, -0.2) is 36.3 Å². The van der Waals surface area contributed by atoms with E-state index in [1.165, 1.54) is 0 Å². The maximum absolute atomic E-state index is 12.1. The fourth-order valence-electron chi connectivity index (χ4n) is 2.38. The highest BCUT2D eigenvalue weighted by molar-refractivity contribution is 6.44. The Bertz CT molecular complexity index is 602. The Morgan fingerprint density at radius 2 is 2.14 bits per heavy atom. The molecule has 0 atom stereocenters. The van der Waals surface area contributed by atoms with Crippen molar-refractivity contribution in [2.75, 3.05) is 19.6 Å². The van der Waals surface area contributed by atoms with E-state index in [1.807, 2.05) is 4.90 Å². The summed E-state index contributed by atoms with van der Waals surface area (Å²) in [6, 6.07) is 5.09. The van der Waals surface area contributed by atoms with Gasteiger partial charge in [0.2, 0.25) is 5.91 Å². The highest BCUT2D eigenvalue weighted by Crippen LogP contribution is 2.29. The lowest BCUT2D eigenvalue weighted by atomic mass is 10.1. The molecule has 0 aromatic heterocycles. The Morgan fingerprint density at radius 3 is 2.82 bits per heavy atom. The number of hydrogen-bond acceptors (Lipinski definition) is 2. The Hall–Kier alpha value is -1.52. The Balaban J connectivity index is 1.80. The van der Waals surface area contributed by atoms with E-state index < -0.39 is 0 Å². The summed E-state index contributed by atoms with van der Waals surface area (Å²) in [6.07, 6.45) is 2.28. The molecule has 6 heteroatoms. The fourth-order valence-corrected chi connectivity index (χ4v) is 2.79. The van der Waals surface area contributed by atoms with Crippen LogP contribution in [-0.2, 0) is 9.59 Å². The molecule has 0 radical (unpaired) electrons. The van der Waals surface area contributed by atoms with Gasteiger partial charge in [-0.05, 0) is 18.9 Å². The predicted molar refractivity (Wildman–Crippen MR) is 88.9 cm³/mol. The number of likely N-dealkylation sites (tertiary alicyclic amines) is 1. The maximum Gasteiger partial charge on any atom is 0.251 e. The van der Waals surface area contributed by atoms with Crippen LogP contribution in [0.15, 0.2) is 24.8 Å². The van der Waals surface area contributed by atoms with Crippen molar-refractivity contribution in [3.8, 4) is 0 Å². The van der Waals surface area contributed by atoms with E-state index in [0.717, 1.165) is 13.0 Å². The maximum atomic E-state index is 12.1. The molecule has 1 aromatic carbocycles. The number of halogens is 2. The van der Waals surface area contributed by atoms with E-state index in [2.05, 4.69) is 11.9 Å². The molecule has 1 aliphatic rings. The van der Waals surface area contributed by atoms with E-state index >= 15 is 0 Å². The van der Waals surface area contributed by atoms with Gasteiger partial charge in [0.1, 0.15) is 0 Å². The largest absolute Gasteiger partial charge is 0.352 e. The molecule has 118 valence electrons. The summed E-state index contributed by atoms with van der Waals surface area (Å²) in [4.78, 5) is 25.4. The van der Waals surface area contributed by atoms with Crippen molar-refractivity contribution >= 4 is 40.6 Å². The van der Waals surface area contributed by atoms with Gasteiger partial charge in [0, 0.05) is 37.2 Å². The zero-order valence-corrected chi connectivity index (χ0v) is 13.7. The molecule has 0 saturated carbocycles. The highest BCUT2D eigenvalue weighted by atomic mass is 35.5. The molecule has 22 heavy (non-hydrogen) atoms. The first-order chi connectivity index (χ1) is 10.5. The van der Waals surface area contributed by atoms with Gasteiger partial charge in [-0.25, -0.2) is 0 Å². The third-order valence-electron chi connectivity index (χ3n) is 3.61. The molecule has 1 aromatic rings. The van der Waals surface area contributed by atoms with Crippen LogP contribution < -0.4 is 5.32 Å². The highest BCUT2D eigenvalue weighted by Gasteiger charge is 2.19. The van der Waals surface area contributed by atoms with E-state index in [9.17, 15) is 9.59 Å². The molecule has 0 aliphatic carbocycles. The number of carbonyl (C=O) groups excluding carboxylic acids is 2. The molecule has 1 fully saturated rings. The quantitative estimate of drug-likeness (QED) is 0.638. The smallest absolute Gasteiger partial charge is 0.251 e. The molecule has 1 N–H and O–H groups in total. The van der Waals surface area contributed by atoms with Crippen molar-refractivity contribution in [3.05, 3.63) is 40.4 Å². The van der Waals surface area contributed by atoms with E-state index in [0.29, 0.717) is 41.5 Å². The summed E-state index contributed by atoms with van der Waals surface area (Å²) in [7, 11) is 0. The lowest BCUT2D eigenvalue weighted by molar-refractivity contribution is -0.127. The minimum absolute atomic E-state index is 0.196. The number of benzene rings is 1. The van der Waals surface area contributed by atoms with Crippen LogP contribution in [0, 0.1) is 0 Å². The van der Waals surface area contributed by atoms with Crippen LogP contribution in [0.25, 0.3) is 5.57 Å². The summed E-state index contributed by atoms with van der Waals surface area (Å²) in [6.45, 7) is 5.75. The molecule has 1 heterocycles.